The van der Waals surface area contributed by atoms with Crippen LogP contribution >= 0.6 is 0 Å². The van der Waals surface area contributed by atoms with Crippen LogP contribution in [0.1, 0.15) is 53.6 Å². The zero-order valence-corrected chi connectivity index (χ0v) is 18.7. The van der Waals surface area contributed by atoms with Crippen LogP contribution in [0.4, 0.5) is 5.69 Å². The van der Waals surface area contributed by atoms with Gasteiger partial charge in [0.05, 0.1) is 5.75 Å². The minimum atomic E-state index is -3.30. The van der Waals surface area contributed by atoms with E-state index in [-0.39, 0.29) is 11.7 Å². The Balaban J connectivity index is 1.30. The van der Waals surface area contributed by atoms with Crippen molar-refractivity contribution >= 4 is 21.6 Å². The Morgan fingerprint density at radius 3 is 2.00 bits per heavy atom. The van der Waals surface area contributed by atoms with Crippen LogP contribution in [0.3, 0.4) is 0 Å². The second-order valence-electron chi connectivity index (χ2n) is 8.46. The molecule has 2 fully saturated rings. The van der Waals surface area contributed by atoms with Gasteiger partial charge in [0, 0.05) is 44.0 Å². The van der Waals surface area contributed by atoms with Crippen molar-refractivity contribution in [2.75, 3.05) is 31.1 Å². The zero-order chi connectivity index (χ0) is 21.7. The molecule has 166 valence electrons. The number of amides is 1. The molecule has 4 rings (SSSR count). The molecule has 0 spiro atoms. The van der Waals surface area contributed by atoms with E-state index in [2.05, 4.69) is 34.5 Å². The number of carbonyl (C=O) groups excluding carboxylic acids is 1. The molecule has 2 saturated heterocycles. The number of benzene rings is 2. The molecular weight excluding hydrogens is 410 g/mol. The minimum absolute atomic E-state index is 0.0156. The number of anilines is 1. The highest BCUT2D eigenvalue weighted by atomic mass is 32.2. The summed E-state index contributed by atoms with van der Waals surface area (Å²) >= 11 is 0. The molecule has 0 aromatic heterocycles. The molecular formula is C24H31N3O3S. The lowest BCUT2D eigenvalue weighted by molar-refractivity contribution is 0.0951. The first-order valence-corrected chi connectivity index (χ1v) is 12.8. The van der Waals surface area contributed by atoms with Crippen molar-refractivity contribution in [3.05, 3.63) is 65.2 Å². The van der Waals surface area contributed by atoms with Crippen molar-refractivity contribution in [2.45, 2.75) is 44.4 Å². The van der Waals surface area contributed by atoms with Crippen molar-refractivity contribution < 1.29 is 13.2 Å². The van der Waals surface area contributed by atoms with Gasteiger partial charge in [-0.05, 0) is 61.1 Å². The molecule has 2 aromatic carbocycles. The van der Waals surface area contributed by atoms with Crippen LogP contribution in [0.2, 0.25) is 0 Å². The third kappa shape index (κ3) is 5.66. The summed E-state index contributed by atoms with van der Waals surface area (Å²) in [6, 6.07) is 15.2. The zero-order valence-electron chi connectivity index (χ0n) is 17.9. The summed E-state index contributed by atoms with van der Waals surface area (Å²) in [6.07, 6.45) is 5.46. The molecule has 1 N–H and O–H groups in total. The van der Waals surface area contributed by atoms with Crippen LogP contribution < -0.4 is 10.2 Å². The van der Waals surface area contributed by atoms with E-state index in [1.807, 2.05) is 0 Å². The third-order valence-electron chi connectivity index (χ3n) is 6.13. The fraction of sp³-hybridized carbons (Fsp3) is 0.458. The van der Waals surface area contributed by atoms with Crippen molar-refractivity contribution in [1.29, 1.82) is 0 Å². The molecule has 0 bridgehead atoms. The topological polar surface area (TPSA) is 69.7 Å². The number of hydrogen-bond donors (Lipinski definition) is 1. The number of nitrogens with one attached hydrogen (secondary N) is 1. The molecule has 2 aliphatic heterocycles. The average molecular weight is 442 g/mol. The number of hydrogen-bond acceptors (Lipinski definition) is 4. The first kappa shape index (κ1) is 21.8. The fourth-order valence-corrected chi connectivity index (χ4v) is 5.89. The maximum atomic E-state index is 12.6. The number of sulfonamides is 1. The first-order valence-electron chi connectivity index (χ1n) is 11.2. The third-order valence-corrected chi connectivity index (χ3v) is 7.98. The van der Waals surface area contributed by atoms with E-state index in [9.17, 15) is 13.2 Å². The van der Waals surface area contributed by atoms with Gasteiger partial charge in [0.1, 0.15) is 0 Å². The summed E-state index contributed by atoms with van der Waals surface area (Å²) in [4.78, 5) is 14.9. The lowest BCUT2D eigenvalue weighted by Gasteiger charge is -2.25. The number of piperidine rings is 1. The predicted octanol–water partition coefficient (Wildman–Crippen LogP) is 3.53. The average Bonchev–Trinajstić information content (AvgIpc) is 3.34. The Morgan fingerprint density at radius 1 is 0.774 bits per heavy atom. The molecule has 2 aromatic rings. The van der Waals surface area contributed by atoms with Crippen LogP contribution in [-0.4, -0.2) is 44.8 Å². The van der Waals surface area contributed by atoms with E-state index in [0.29, 0.717) is 30.8 Å². The van der Waals surface area contributed by atoms with Gasteiger partial charge >= 0.3 is 0 Å². The van der Waals surface area contributed by atoms with Gasteiger partial charge < -0.3 is 10.2 Å². The highest BCUT2D eigenvalue weighted by Gasteiger charge is 2.24. The van der Waals surface area contributed by atoms with Gasteiger partial charge in [0.25, 0.3) is 5.91 Å². The maximum absolute atomic E-state index is 12.6. The van der Waals surface area contributed by atoms with Gasteiger partial charge in [0.2, 0.25) is 10.0 Å². The smallest absolute Gasteiger partial charge is 0.251 e. The molecule has 0 aliphatic carbocycles. The van der Waals surface area contributed by atoms with E-state index in [1.54, 1.807) is 28.6 Å². The SMILES string of the molecule is O=C(NCc1ccc(N2CCCC2)cc1)c1ccc(CS(=O)(=O)N2CCCCC2)cc1. The Hall–Kier alpha value is -2.38. The molecule has 0 radical (unpaired) electrons. The molecule has 0 unspecified atom stereocenters. The van der Waals surface area contributed by atoms with Crippen molar-refractivity contribution in [1.82, 2.24) is 9.62 Å². The largest absolute Gasteiger partial charge is 0.372 e. The van der Waals surface area contributed by atoms with Crippen molar-refractivity contribution in [3.63, 3.8) is 0 Å². The molecule has 0 atom stereocenters. The van der Waals surface area contributed by atoms with E-state index in [4.69, 9.17) is 0 Å². The quantitative estimate of drug-likeness (QED) is 0.714. The van der Waals surface area contributed by atoms with Gasteiger partial charge in [0.15, 0.2) is 0 Å². The van der Waals surface area contributed by atoms with Crippen LogP contribution in [-0.2, 0) is 22.3 Å². The summed E-state index contributed by atoms with van der Waals surface area (Å²) in [7, 11) is -3.30. The van der Waals surface area contributed by atoms with Crippen LogP contribution in [0.5, 0.6) is 0 Å². The molecule has 31 heavy (non-hydrogen) atoms. The van der Waals surface area contributed by atoms with Crippen LogP contribution in [0, 0.1) is 0 Å². The standard InChI is InChI=1S/C24H31N3O3S/c28-24(25-18-20-8-12-23(13-9-20)26-14-4-5-15-26)22-10-6-21(7-11-22)19-31(29,30)27-16-2-1-3-17-27/h6-13H,1-5,14-19H2,(H,25,28). The minimum Gasteiger partial charge on any atom is -0.372 e. The lowest BCUT2D eigenvalue weighted by Crippen LogP contribution is -2.36. The summed E-state index contributed by atoms with van der Waals surface area (Å²) in [6.45, 7) is 3.92. The summed E-state index contributed by atoms with van der Waals surface area (Å²) in [5.41, 5.74) is 3.54. The Morgan fingerprint density at radius 2 is 1.35 bits per heavy atom. The first-order chi connectivity index (χ1) is 15.0. The Bertz CT molecular complexity index is 976. The normalized spacial score (nSPS) is 17.6. The molecule has 2 aliphatic rings. The highest BCUT2D eigenvalue weighted by molar-refractivity contribution is 7.88. The van der Waals surface area contributed by atoms with Crippen LogP contribution in [0.15, 0.2) is 48.5 Å². The van der Waals surface area contributed by atoms with Gasteiger partial charge in [-0.25, -0.2) is 12.7 Å². The number of rotatable bonds is 7. The van der Waals surface area contributed by atoms with Gasteiger partial charge in [-0.1, -0.05) is 30.7 Å². The summed E-state index contributed by atoms with van der Waals surface area (Å²) < 4.78 is 26.8. The molecule has 6 nitrogen and oxygen atoms in total. The predicted molar refractivity (Wildman–Crippen MR) is 124 cm³/mol. The molecule has 7 heteroatoms. The highest BCUT2D eigenvalue weighted by Crippen LogP contribution is 2.21. The monoisotopic (exact) mass is 441 g/mol. The summed E-state index contributed by atoms with van der Waals surface area (Å²) in [5, 5.41) is 2.94. The van der Waals surface area contributed by atoms with Gasteiger partial charge in [-0.3, -0.25) is 4.79 Å². The Labute approximate surface area is 185 Å². The number of carbonyl (C=O) groups is 1. The number of nitrogens with zero attached hydrogens (tertiary/aromatic N) is 2. The van der Waals surface area contributed by atoms with Crippen molar-refractivity contribution in [2.24, 2.45) is 0 Å². The van der Waals surface area contributed by atoms with E-state index >= 15 is 0 Å². The van der Waals surface area contributed by atoms with Gasteiger partial charge in [-0.15, -0.1) is 0 Å². The van der Waals surface area contributed by atoms with E-state index in [0.717, 1.165) is 37.9 Å². The molecule has 1 amide bonds. The van der Waals surface area contributed by atoms with E-state index in [1.165, 1.54) is 18.5 Å². The van der Waals surface area contributed by atoms with Gasteiger partial charge in [-0.2, -0.15) is 0 Å². The Kier molecular flexibility index (Phi) is 6.92. The second kappa shape index (κ2) is 9.83. The summed E-state index contributed by atoms with van der Waals surface area (Å²) in [5.74, 6) is -0.174. The molecule has 2 heterocycles. The van der Waals surface area contributed by atoms with Crippen LogP contribution in [0.25, 0.3) is 0 Å². The van der Waals surface area contributed by atoms with E-state index < -0.39 is 10.0 Å². The fourth-order valence-electron chi connectivity index (χ4n) is 4.28. The second-order valence-corrected chi connectivity index (χ2v) is 10.4. The van der Waals surface area contributed by atoms with Crippen molar-refractivity contribution in [3.8, 4) is 0 Å². The maximum Gasteiger partial charge on any atom is 0.251 e. The molecule has 0 saturated carbocycles. The lowest BCUT2D eigenvalue weighted by atomic mass is 10.1.